The van der Waals surface area contributed by atoms with E-state index in [1.165, 1.54) is 12.1 Å². The Kier molecular flexibility index (Phi) is 6.42. The van der Waals surface area contributed by atoms with E-state index >= 15 is 0 Å². The second kappa shape index (κ2) is 8.45. The fourth-order valence-electron chi connectivity index (χ4n) is 3.43. The Balaban J connectivity index is 0.00000272. The van der Waals surface area contributed by atoms with Crippen LogP contribution in [0.25, 0.3) is 33.7 Å². The van der Waals surface area contributed by atoms with Gasteiger partial charge in [0.25, 0.3) is 0 Å². The molecule has 0 bridgehead atoms. The zero-order chi connectivity index (χ0) is 21.7. The fourth-order valence-corrected chi connectivity index (χ4v) is 3.43. The van der Waals surface area contributed by atoms with Crippen LogP contribution in [0.1, 0.15) is 39.0 Å². The molecule has 2 aromatic carbocycles. The van der Waals surface area contributed by atoms with Crippen LogP contribution in [0.15, 0.2) is 48.5 Å². The molecular formula is C23H22F3N4Na. The quantitative estimate of drug-likeness (QED) is 0.466. The van der Waals surface area contributed by atoms with Crippen molar-refractivity contribution in [3.8, 4) is 22.6 Å². The van der Waals surface area contributed by atoms with E-state index < -0.39 is 11.7 Å². The first kappa shape index (κ1) is 23.6. The third kappa shape index (κ3) is 4.59. The van der Waals surface area contributed by atoms with Gasteiger partial charge in [-0.2, -0.15) is 18.3 Å². The summed E-state index contributed by atoms with van der Waals surface area (Å²) in [5.41, 5.74) is 2.74. The minimum Gasteiger partial charge on any atom is -0.434 e. The number of rotatable bonds is 3. The Morgan fingerprint density at radius 1 is 1.00 bits per heavy atom. The van der Waals surface area contributed by atoms with Crippen LogP contribution in [-0.2, 0) is 18.1 Å². The van der Waals surface area contributed by atoms with E-state index in [9.17, 15) is 13.2 Å². The number of aromatic nitrogens is 4. The maximum Gasteiger partial charge on any atom is 1.00 e. The van der Waals surface area contributed by atoms with Crippen molar-refractivity contribution in [1.29, 1.82) is 0 Å². The number of hydrogen-bond acceptors (Lipinski definition) is 2. The van der Waals surface area contributed by atoms with E-state index in [-0.39, 0.29) is 40.5 Å². The first-order valence-corrected chi connectivity index (χ1v) is 9.77. The molecule has 4 rings (SSSR count). The fraction of sp³-hybridized carbons (Fsp3) is 0.304. The van der Waals surface area contributed by atoms with Crippen LogP contribution in [0.4, 0.5) is 13.2 Å². The largest absolute Gasteiger partial charge is 1.00 e. The van der Waals surface area contributed by atoms with Crippen LogP contribution in [-0.4, -0.2) is 14.8 Å². The van der Waals surface area contributed by atoms with Crippen LogP contribution in [0.2, 0.25) is 0 Å². The number of imidazole rings is 1. The molecule has 0 radical (unpaired) electrons. The molecule has 0 aliphatic rings. The molecule has 0 aliphatic carbocycles. The van der Waals surface area contributed by atoms with Crippen molar-refractivity contribution >= 4 is 11.0 Å². The predicted molar refractivity (Wildman–Crippen MR) is 111 cm³/mol. The van der Waals surface area contributed by atoms with E-state index in [2.05, 4.69) is 35.8 Å². The second-order valence-electron chi connectivity index (χ2n) is 8.27. The van der Waals surface area contributed by atoms with Gasteiger partial charge in [0.1, 0.15) is 0 Å². The molecule has 2 heterocycles. The van der Waals surface area contributed by atoms with Crippen LogP contribution < -0.4 is 34.5 Å². The summed E-state index contributed by atoms with van der Waals surface area (Å²) >= 11 is 0. The Labute approximate surface area is 201 Å². The summed E-state index contributed by atoms with van der Waals surface area (Å²) in [6.07, 6.45) is -4.43. The average Bonchev–Trinajstić information content (AvgIpc) is 3.30. The van der Waals surface area contributed by atoms with Gasteiger partial charge in [-0.1, -0.05) is 57.2 Å². The number of aryl methyl sites for hydroxylation is 1. The molecular weight excluding hydrogens is 412 g/mol. The maximum atomic E-state index is 13.4. The van der Waals surface area contributed by atoms with Gasteiger partial charge in [0, 0.05) is 12.0 Å². The van der Waals surface area contributed by atoms with E-state index in [4.69, 9.17) is 0 Å². The molecule has 4 nitrogen and oxygen atoms in total. The molecule has 0 spiro atoms. The first-order valence-electron chi connectivity index (χ1n) is 9.77. The second-order valence-corrected chi connectivity index (χ2v) is 8.27. The molecule has 156 valence electrons. The molecule has 31 heavy (non-hydrogen) atoms. The van der Waals surface area contributed by atoms with Gasteiger partial charge < -0.3 is 9.97 Å². The summed E-state index contributed by atoms with van der Waals surface area (Å²) in [7, 11) is 0. The van der Waals surface area contributed by atoms with E-state index in [0.717, 1.165) is 17.5 Å². The van der Waals surface area contributed by atoms with Crippen LogP contribution in [0.3, 0.4) is 0 Å². The van der Waals surface area contributed by atoms with Gasteiger partial charge in [0.15, 0.2) is 0 Å². The number of halogens is 3. The summed E-state index contributed by atoms with van der Waals surface area (Å²) in [5.74, 6) is 0.524. The summed E-state index contributed by atoms with van der Waals surface area (Å²) in [5, 5.41) is 4.66. The van der Waals surface area contributed by atoms with E-state index in [1.807, 2.05) is 17.7 Å². The Morgan fingerprint density at radius 2 is 1.71 bits per heavy atom. The molecule has 8 heteroatoms. The third-order valence-electron chi connectivity index (χ3n) is 5.05. The molecule has 0 N–H and O–H groups in total. The summed E-state index contributed by atoms with van der Waals surface area (Å²) < 4.78 is 42.1. The van der Waals surface area contributed by atoms with E-state index in [1.54, 1.807) is 24.3 Å². The molecule has 2 aromatic heterocycles. The number of benzene rings is 2. The summed E-state index contributed by atoms with van der Waals surface area (Å²) in [6.45, 7) is 8.93. The zero-order valence-electron chi connectivity index (χ0n) is 18.2. The van der Waals surface area contributed by atoms with Crippen molar-refractivity contribution in [2.24, 2.45) is 0 Å². The smallest absolute Gasteiger partial charge is 0.434 e. The molecule has 0 saturated heterocycles. The van der Waals surface area contributed by atoms with Crippen molar-refractivity contribution in [1.82, 2.24) is 19.7 Å². The van der Waals surface area contributed by atoms with Gasteiger partial charge in [-0.3, -0.25) is 4.68 Å². The van der Waals surface area contributed by atoms with Crippen molar-refractivity contribution in [2.75, 3.05) is 0 Å². The number of fused-ring (bicyclic) bond motifs is 1. The van der Waals surface area contributed by atoms with Crippen LogP contribution in [0, 0.1) is 0 Å². The average molecular weight is 434 g/mol. The first-order chi connectivity index (χ1) is 14.1. The number of hydrogen-bond donors (Lipinski definition) is 0. The van der Waals surface area contributed by atoms with Crippen molar-refractivity contribution in [3.05, 3.63) is 59.8 Å². The van der Waals surface area contributed by atoms with Crippen molar-refractivity contribution < 1.29 is 42.7 Å². The predicted octanol–water partition coefficient (Wildman–Crippen LogP) is 3.06. The molecule has 0 saturated carbocycles. The molecule has 0 aliphatic heterocycles. The minimum atomic E-state index is -4.43. The normalized spacial score (nSPS) is 12.2. The van der Waals surface area contributed by atoms with Gasteiger partial charge in [-0.25, -0.2) is 0 Å². The third-order valence-corrected chi connectivity index (χ3v) is 5.05. The van der Waals surface area contributed by atoms with Gasteiger partial charge in [-0.15, -0.1) is 0 Å². The SMILES string of the molecule is CCn1nc(C(C)(C)C)cc1-c1nc2cc(-c3ccccc3C(F)(F)F)ccc2[n-]1.[Na+]. The minimum absolute atomic E-state index is 0. The van der Waals surface area contributed by atoms with Crippen LogP contribution >= 0.6 is 0 Å². The van der Waals surface area contributed by atoms with Crippen molar-refractivity contribution in [2.45, 2.75) is 45.8 Å². The van der Waals surface area contributed by atoms with Crippen molar-refractivity contribution in [3.63, 3.8) is 0 Å². The number of nitrogens with zero attached hydrogens (tertiary/aromatic N) is 4. The van der Waals surface area contributed by atoms with Gasteiger partial charge >= 0.3 is 35.7 Å². The van der Waals surface area contributed by atoms with E-state index in [0.29, 0.717) is 29.0 Å². The van der Waals surface area contributed by atoms with Gasteiger partial charge in [0.2, 0.25) is 0 Å². The Morgan fingerprint density at radius 3 is 2.35 bits per heavy atom. The zero-order valence-corrected chi connectivity index (χ0v) is 20.2. The standard InChI is InChI=1S/C23H22F3N4.Na/c1-5-30-19(13-20(29-30)22(2,3)4)21-27-17-11-10-14(12-18(17)28-21)15-8-6-7-9-16(15)23(24,25)26;/h6-13H,5H2,1-4H3;/q-1;+1. The Bertz CT molecular complexity index is 1220. The topological polar surface area (TPSA) is 44.8 Å². The molecule has 0 fully saturated rings. The monoisotopic (exact) mass is 434 g/mol. The maximum absolute atomic E-state index is 13.4. The van der Waals surface area contributed by atoms with Gasteiger partial charge in [-0.05, 0) is 47.0 Å². The molecule has 0 atom stereocenters. The summed E-state index contributed by atoms with van der Waals surface area (Å²) in [6, 6.07) is 12.6. The summed E-state index contributed by atoms with van der Waals surface area (Å²) in [4.78, 5) is 9.21. The van der Waals surface area contributed by atoms with Crippen LogP contribution in [0.5, 0.6) is 0 Å². The Hall–Kier alpha value is -2.09. The molecule has 0 unspecified atom stereocenters. The molecule has 0 amide bonds. The van der Waals surface area contributed by atoms with Gasteiger partial charge in [0.05, 0.1) is 17.0 Å². The molecule has 4 aromatic rings. The number of alkyl halides is 3.